The normalized spacial score (nSPS) is 30.9. The molecule has 1 heterocycles. The Morgan fingerprint density at radius 3 is 2.60 bits per heavy atom. The fourth-order valence-electron chi connectivity index (χ4n) is 3.85. The molecule has 1 saturated heterocycles. The number of piperidine rings is 1. The Labute approximate surface area is 123 Å². The molecule has 3 atom stereocenters. The van der Waals surface area contributed by atoms with Crippen LogP contribution in [0.2, 0.25) is 0 Å². The first-order valence-corrected chi connectivity index (χ1v) is 8.39. The van der Waals surface area contributed by atoms with Crippen LogP contribution in [0.4, 0.5) is 0 Å². The van der Waals surface area contributed by atoms with Crippen molar-refractivity contribution >= 4 is 5.91 Å². The van der Waals surface area contributed by atoms with Crippen LogP contribution in [0.1, 0.15) is 58.8 Å². The van der Waals surface area contributed by atoms with E-state index in [1.807, 2.05) is 6.92 Å². The first-order chi connectivity index (χ1) is 9.63. The molecule has 1 aliphatic carbocycles. The lowest BCUT2D eigenvalue weighted by Crippen LogP contribution is -2.57. The maximum atomic E-state index is 12.5. The van der Waals surface area contributed by atoms with Gasteiger partial charge in [-0.1, -0.05) is 26.2 Å². The van der Waals surface area contributed by atoms with E-state index in [9.17, 15) is 4.79 Å². The van der Waals surface area contributed by atoms with Crippen molar-refractivity contribution < 1.29 is 4.79 Å². The van der Waals surface area contributed by atoms with E-state index in [1.54, 1.807) is 0 Å². The van der Waals surface area contributed by atoms with Crippen LogP contribution >= 0.6 is 0 Å². The number of hydrogen-bond acceptors (Lipinski definition) is 3. The second-order valence-electron chi connectivity index (χ2n) is 6.68. The van der Waals surface area contributed by atoms with Crippen LogP contribution in [0.15, 0.2) is 0 Å². The monoisotopic (exact) mass is 281 g/mol. The largest absolute Gasteiger partial charge is 0.352 e. The minimum Gasteiger partial charge on any atom is -0.352 e. The predicted octanol–water partition coefficient (Wildman–Crippen LogP) is 1.88. The lowest BCUT2D eigenvalue weighted by Gasteiger charge is -2.42. The Hall–Kier alpha value is -0.610. The number of amides is 1. The number of nitrogens with zero attached hydrogens (tertiary/aromatic N) is 1. The van der Waals surface area contributed by atoms with Gasteiger partial charge in [-0.05, 0) is 45.1 Å². The molecule has 4 heteroatoms. The summed E-state index contributed by atoms with van der Waals surface area (Å²) in [7, 11) is 0. The van der Waals surface area contributed by atoms with E-state index in [0.717, 1.165) is 19.4 Å². The summed E-state index contributed by atoms with van der Waals surface area (Å²) < 4.78 is 0. The third-order valence-electron chi connectivity index (χ3n) is 5.23. The fraction of sp³-hybridized carbons (Fsp3) is 0.938. The molecule has 0 spiro atoms. The van der Waals surface area contributed by atoms with Crippen LogP contribution in [-0.4, -0.2) is 42.0 Å². The third kappa shape index (κ3) is 3.73. The summed E-state index contributed by atoms with van der Waals surface area (Å²) >= 11 is 0. The van der Waals surface area contributed by atoms with Crippen molar-refractivity contribution in [2.75, 3.05) is 13.1 Å². The van der Waals surface area contributed by atoms with Gasteiger partial charge < -0.3 is 11.1 Å². The van der Waals surface area contributed by atoms with Gasteiger partial charge in [0.25, 0.3) is 0 Å². The fourth-order valence-corrected chi connectivity index (χ4v) is 3.85. The van der Waals surface area contributed by atoms with Crippen LogP contribution in [0.3, 0.4) is 0 Å². The van der Waals surface area contributed by atoms with E-state index in [1.165, 1.54) is 32.1 Å². The Balaban J connectivity index is 1.90. The second-order valence-corrected chi connectivity index (χ2v) is 6.68. The van der Waals surface area contributed by atoms with Gasteiger partial charge in [0.15, 0.2) is 0 Å². The molecule has 3 unspecified atom stereocenters. The first-order valence-electron chi connectivity index (χ1n) is 8.39. The maximum Gasteiger partial charge on any atom is 0.237 e. The summed E-state index contributed by atoms with van der Waals surface area (Å²) in [6, 6.07) is 0.710. The van der Waals surface area contributed by atoms with Gasteiger partial charge in [0, 0.05) is 18.6 Å². The minimum absolute atomic E-state index is 0.0479. The minimum atomic E-state index is -0.0479. The number of carbonyl (C=O) groups excluding carboxylic acids is 1. The van der Waals surface area contributed by atoms with Crippen molar-refractivity contribution in [1.29, 1.82) is 0 Å². The topological polar surface area (TPSA) is 58.4 Å². The Morgan fingerprint density at radius 1 is 1.25 bits per heavy atom. The molecule has 0 radical (unpaired) electrons. The Kier molecular flexibility index (Phi) is 5.85. The summed E-state index contributed by atoms with van der Waals surface area (Å²) in [6.45, 7) is 5.96. The number of likely N-dealkylation sites (tertiary alicyclic amines) is 1. The number of nitrogens with one attached hydrogen (secondary N) is 1. The quantitative estimate of drug-likeness (QED) is 0.827. The van der Waals surface area contributed by atoms with E-state index < -0.39 is 0 Å². The van der Waals surface area contributed by atoms with E-state index in [0.29, 0.717) is 24.5 Å². The lowest BCUT2D eigenvalue weighted by atomic mass is 9.89. The summed E-state index contributed by atoms with van der Waals surface area (Å²) in [5.74, 6) is 0.795. The third-order valence-corrected chi connectivity index (χ3v) is 5.23. The highest BCUT2D eigenvalue weighted by molar-refractivity contribution is 5.81. The zero-order chi connectivity index (χ0) is 14.5. The van der Waals surface area contributed by atoms with Gasteiger partial charge in [-0.25, -0.2) is 0 Å². The molecule has 1 amide bonds. The average Bonchev–Trinajstić information content (AvgIpc) is 2.47. The van der Waals surface area contributed by atoms with Crippen LogP contribution in [0.5, 0.6) is 0 Å². The van der Waals surface area contributed by atoms with Gasteiger partial charge in [0.1, 0.15) is 0 Å². The lowest BCUT2D eigenvalue weighted by molar-refractivity contribution is -0.128. The van der Waals surface area contributed by atoms with Gasteiger partial charge in [-0.3, -0.25) is 9.69 Å². The molecule has 0 bridgehead atoms. The van der Waals surface area contributed by atoms with E-state index in [4.69, 9.17) is 5.73 Å². The van der Waals surface area contributed by atoms with Gasteiger partial charge >= 0.3 is 0 Å². The molecular weight excluding hydrogens is 250 g/mol. The Bertz CT molecular complexity index is 315. The van der Waals surface area contributed by atoms with Crippen LogP contribution in [0, 0.1) is 5.92 Å². The van der Waals surface area contributed by atoms with Crippen molar-refractivity contribution in [2.45, 2.75) is 76.9 Å². The standard InChI is InChI=1S/C16H31N3O/c1-12-7-6-10-19(15(12)11-17)13(2)16(20)18-14-8-4-3-5-9-14/h12-15H,3-11,17H2,1-2H3,(H,18,20). The SMILES string of the molecule is CC1CCCN(C(C)C(=O)NC2CCCCC2)C1CN. The molecule has 20 heavy (non-hydrogen) atoms. The molecular formula is C16H31N3O. The van der Waals surface area contributed by atoms with E-state index in [-0.39, 0.29) is 11.9 Å². The van der Waals surface area contributed by atoms with Gasteiger partial charge in [0.2, 0.25) is 5.91 Å². The van der Waals surface area contributed by atoms with E-state index in [2.05, 4.69) is 17.1 Å². The highest BCUT2D eigenvalue weighted by Gasteiger charge is 2.33. The number of nitrogens with two attached hydrogens (primary N) is 1. The molecule has 2 fully saturated rings. The molecule has 0 aromatic carbocycles. The zero-order valence-corrected chi connectivity index (χ0v) is 13.1. The predicted molar refractivity (Wildman–Crippen MR) is 82.4 cm³/mol. The molecule has 2 aliphatic rings. The smallest absolute Gasteiger partial charge is 0.237 e. The summed E-state index contributed by atoms with van der Waals surface area (Å²) in [5.41, 5.74) is 5.93. The van der Waals surface area contributed by atoms with Crippen molar-refractivity contribution in [2.24, 2.45) is 11.7 Å². The summed E-state index contributed by atoms with van der Waals surface area (Å²) in [5, 5.41) is 3.25. The van der Waals surface area contributed by atoms with Crippen molar-refractivity contribution in [3.8, 4) is 0 Å². The summed E-state index contributed by atoms with van der Waals surface area (Å²) in [6.07, 6.45) is 8.54. The van der Waals surface area contributed by atoms with Crippen molar-refractivity contribution in [3.05, 3.63) is 0 Å². The molecule has 0 aromatic heterocycles. The zero-order valence-electron chi connectivity index (χ0n) is 13.1. The molecule has 116 valence electrons. The molecule has 1 saturated carbocycles. The number of hydrogen-bond donors (Lipinski definition) is 2. The highest BCUT2D eigenvalue weighted by atomic mass is 16.2. The molecule has 4 nitrogen and oxygen atoms in total. The molecule has 2 rings (SSSR count). The Morgan fingerprint density at radius 2 is 1.95 bits per heavy atom. The van der Waals surface area contributed by atoms with Gasteiger partial charge in [-0.15, -0.1) is 0 Å². The molecule has 1 aliphatic heterocycles. The van der Waals surface area contributed by atoms with Crippen LogP contribution in [0.25, 0.3) is 0 Å². The van der Waals surface area contributed by atoms with Crippen molar-refractivity contribution in [3.63, 3.8) is 0 Å². The molecule has 3 N–H and O–H groups in total. The van der Waals surface area contributed by atoms with Crippen molar-refractivity contribution in [1.82, 2.24) is 10.2 Å². The number of carbonyl (C=O) groups is 1. The maximum absolute atomic E-state index is 12.5. The van der Waals surface area contributed by atoms with E-state index >= 15 is 0 Å². The number of rotatable bonds is 4. The van der Waals surface area contributed by atoms with Gasteiger partial charge in [-0.2, -0.15) is 0 Å². The highest BCUT2D eigenvalue weighted by Crippen LogP contribution is 2.25. The van der Waals surface area contributed by atoms with Gasteiger partial charge in [0.05, 0.1) is 6.04 Å². The second kappa shape index (κ2) is 7.41. The van der Waals surface area contributed by atoms with Crippen LogP contribution in [-0.2, 0) is 4.79 Å². The average molecular weight is 281 g/mol. The first kappa shape index (κ1) is 15.8. The molecule has 0 aromatic rings. The van der Waals surface area contributed by atoms with Crippen LogP contribution < -0.4 is 11.1 Å². The summed E-state index contributed by atoms with van der Waals surface area (Å²) in [4.78, 5) is 14.8.